The van der Waals surface area contributed by atoms with Gasteiger partial charge in [-0.3, -0.25) is 4.79 Å². The maximum Gasteiger partial charge on any atom is 0.150 e. The van der Waals surface area contributed by atoms with E-state index in [9.17, 15) is 9.18 Å². The quantitative estimate of drug-likeness (QED) is 0.535. The smallest absolute Gasteiger partial charge is 0.150 e. The van der Waals surface area contributed by atoms with E-state index < -0.39 is 0 Å². The molecule has 5 heteroatoms. The number of nitrogens with zero attached hydrogens (tertiary/aromatic N) is 1. The van der Waals surface area contributed by atoms with Crippen LogP contribution < -0.4 is 5.32 Å². The lowest BCUT2D eigenvalue weighted by Crippen LogP contribution is -1.95. The molecule has 0 spiro atoms. The Morgan fingerprint density at radius 1 is 1.16 bits per heavy atom. The molecule has 124 valence electrons. The number of aldehydes is 1. The summed E-state index contributed by atoms with van der Waals surface area (Å²) in [5.41, 5.74) is 6.57. The monoisotopic (exact) mass is 333 g/mol. The number of H-pyrrole nitrogens is 1. The van der Waals surface area contributed by atoms with Gasteiger partial charge in [0.05, 0.1) is 22.2 Å². The lowest BCUT2D eigenvalue weighted by molar-refractivity contribution is 0.112. The van der Waals surface area contributed by atoms with Gasteiger partial charge in [-0.05, 0) is 36.2 Å². The summed E-state index contributed by atoms with van der Waals surface area (Å²) >= 11 is 0. The maximum atomic E-state index is 13.9. The van der Waals surface area contributed by atoms with Crippen molar-refractivity contribution in [2.75, 3.05) is 12.4 Å². The first kappa shape index (κ1) is 15.3. The number of hydrogen-bond donors (Lipinski definition) is 2. The van der Waals surface area contributed by atoms with E-state index in [2.05, 4.69) is 10.3 Å². The Bertz CT molecular complexity index is 1110. The summed E-state index contributed by atoms with van der Waals surface area (Å²) < 4.78 is 13.9. The zero-order chi connectivity index (χ0) is 17.6. The first-order valence-electron chi connectivity index (χ1n) is 7.96. The average molecular weight is 333 g/mol. The van der Waals surface area contributed by atoms with Crippen LogP contribution in [0.4, 0.5) is 10.1 Å². The van der Waals surface area contributed by atoms with E-state index in [-0.39, 0.29) is 5.82 Å². The lowest BCUT2D eigenvalue weighted by Gasteiger charge is -2.09. The molecular formula is C20H16FN3O. The summed E-state index contributed by atoms with van der Waals surface area (Å²) in [6, 6.07) is 12.3. The first-order valence-corrected chi connectivity index (χ1v) is 7.96. The van der Waals surface area contributed by atoms with Crippen LogP contribution in [0.25, 0.3) is 33.2 Å². The molecule has 0 unspecified atom stereocenters. The molecule has 2 heterocycles. The first-order chi connectivity index (χ1) is 12.1. The second-order valence-corrected chi connectivity index (χ2v) is 6.02. The van der Waals surface area contributed by atoms with Crippen molar-refractivity contribution in [2.24, 2.45) is 0 Å². The molecule has 2 aromatic carbocycles. The van der Waals surface area contributed by atoms with Crippen molar-refractivity contribution >= 4 is 33.9 Å². The van der Waals surface area contributed by atoms with Gasteiger partial charge in [-0.1, -0.05) is 24.3 Å². The topological polar surface area (TPSA) is 57.8 Å². The number of pyridine rings is 1. The number of fused-ring (bicyclic) bond motifs is 2. The number of nitrogens with one attached hydrogen (secondary N) is 2. The summed E-state index contributed by atoms with van der Waals surface area (Å²) in [5.74, 6) is -0.294. The van der Waals surface area contributed by atoms with Gasteiger partial charge in [-0.25, -0.2) is 9.37 Å². The molecule has 0 radical (unpaired) electrons. The van der Waals surface area contributed by atoms with Crippen molar-refractivity contribution in [3.63, 3.8) is 0 Å². The van der Waals surface area contributed by atoms with Crippen LogP contribution in [0.5, 0.6) is 0 Å². The lowest BCUT2D eigenvalue weighted by atomic mass is 10.1. The molecule has 0 aliphatic heterocycles. The van der Waals surface area contributed by atoms with Crippen LogP contribution in [0, 0.1) is 12.7 Å². The molecule has 2 N–H and O–H groups in total. The fourth-order valence-electron chi connectivity index (χ4n) is 3.17. The highest BCUT2D eigenvalue weighted by Crippen LogP contribution is 2.32. The molecule has 4 rings (SSSR count). The van der Waals surface area contributed by atoms with Gasteiger partial charge in [0, 0.05) is 23.7 Å². The number of aryl methyl sites for hydroxylation is 1. The SMILES string of the molecule is CNc1cc(F)cc2c(C)c3[nH]c(-c4ccc(C=O)cc4)cc3nc12. The summed E-state index contributed by atoms with van der Waals surface area (Å²) in [6.45, 7) is 1.96. The summed E-state index contributed by atoms with van der Waals surface area (Å²) in [4.78, 5) is 18.9. The molecular weight excluding hydrogens is 317 g/mol. The third kappa shape index (κ3) is 2.45. The Hall–Kier alpha value is -3.21. The van der Waals surface area contributed by atoms with E-state index >= 15 is 0 Å². The van der Waals surface area contributed by atoms with E-state index in [1.807, 2.05) is 25.1 Å². The number of benzene rings is 2. The third-order valence-corrected chi connectivity index (χ3v) is 4.51. The largest absolute Gasteiger partial charge is 0.386 e. The maximum absolute atomic E-state index is 13.9. The predicted molar refractivity (Wildman–Crippen MR) is 98.7 cm³/mol. The number of aromatic amines is 1. The van der Waals surface area contributed by atoms with Gasteiger partial charge in [0.2, 0.25) is 0 Å². The molecule has 0 bridgehead atoms. The molecule has 0 fully saturated rings. The second-order valence-electron chi connectivity index (χ2n) is 6.02. The molecule has 2 aromatic heterocycles. The average Bonchev–Trinajstić information content (AvgIpc) is 3.06. The van der Waals surface area contributed by atoms with Gasteiger partial charge in [0.15, 0.2) is 0 Å². The number of halogens is 1. The minimum absolute atomic E-state index is 0.294. The van der Waals surface area contributed by atoms with E-state index in [4.69, 9.17) is 4.98 Å². The Morgan fingerprint density at radius 3 is 2.60 bits per heavy atom. The molecule has 0 amide bonds. The molecule has 0 aliphatic rings. The van der Waals surface area contributed by atoms with Crippen molar-refractivity contribution in [2.45, 2.75) is 6.92 Å². The Balaban J connectivity index is 1.97. The van der Waals surface area contributed by atoms with Gasteiger partial charge < -0.3 is 10.3 Å². The highest BCUT2D eigenvalue weighted by Gasteiger charge is 2.13. The van der Waals surface area contributed by atoms with Crippen LogP contribution in [0.2, 0.25) is 0 Å². The van der Waals surface area contributed by atoms with E-state index in [1.54, 1.807) is 19.2 Å². The van der Waals surface area contributed by atoms with Gasteiger partial charge >= 0.3 is 0 Å². The number of carbonyl (C=O) groups excluding carboxylic acids is 1. The van der Waals surface area contributed by atoms with Crippen LogP contribution >= 0.6 is 0 Å². The van der Waals surface area contributed by atoms with Crippen molar-refractivity contribution in [1.29, 1.82) is 0 Å². The van der Waals surface area contributed by atoms with Crippen molar-refractivity contribution < 1.29 is 9.18 Å². The van der Waals surface area contributed by atoms with Gasteiger partial charge in [0.25, 0.3) is 0 Å². The highest BCUT2D eigenvalue weighted by molar-refractivity contribution is 6.02. The minimum Gasteiger partial charge on any atom is -0.386 e. The van der Waals surface area contributed by atoms with Gasteiger partial charge in [0.1, 0.15) is 12.1 Å². The molecule has 0 atom stereocenters. The Morgan fingerprint density at radius 2 is 1.92 bits per heavy atom. The van der Waals surface area contributed by atoms with E-state index in [0.717, 1.165) is 45.0 Å². The van der Waals surface area contributed by atoms with Crippen LogP contribution in [0.1, 0.15) is 15.9 Å². The van der Waals surface area contributed by atoms with Crippen LogP contribution in [-0.2, 0) is 0 Å². The summed E-state index contributed by atoms with van der Waals surface area (Å²) in [6.07, 6.45) is 0.821. The van der Waals surface area contributed by atoms with E-state index in [0.29, 0.717) is 11.3 Å². The fraction of sp³-hybridized carbons (Fsp3) is 0.100. The zero-order valence-electron chi connectivity index (χ0n) is 13.9. The molecule has 0 aliphatic carbocycles. The normalized spacial score (nSPS) is 11.2. The number of hydrogen-bond acceptors (Lipinski definition) is 3. The van der Waals surface area contributed by atoms with Crippen LogP contribution in [-0.4, -0.2) is 23.3 Å². The summed E-state index contributed by atoms with van der Waals surface area (Å²) in [5, 5.41) is 3.79. The van der Waals surface area contributed by atoms with Crippen molar-refractivity contribution in [3.8, 4) is 11.3 Å². The van der Waals surface area contributed by atoms with Crippen LogP contribution in [0.3, 0.4) is 0 Å². The fourth-order valence-corrected chi connectivity index (χ4v) is 3.17. The van der Waals surface area contributed by atoms with Crippen LogP contribution in [0.15, 0.2) is 42.5 Å². The molecule has 0 saturated heterocycles. The molecule has 4 aromatic rings. The molecule has 25 heavy (non-hydrogen) atoms. The number of carbonyl (C=O) groups is 1. The number of anilines is 1. The van der Waals surface area contributed by atoms with Crippen molar-refractivity contribution in [3.05, 3.63) is 59.4 Å². The predicted octanol–water partition coefficient (Wildman–Crippen LogP) is 4.68. The Kier molecular flexibility index (Phi) is 3.50. The highest BCUT2D eigenvalue weighted by atomic mass is 19.1. The number of rotatable bonds is 3. The summed E-state index contributed by atoms with van der Waals surface area (Å²) in [7, 11) is 1.76. The van der Waals surface area contributed by atoms with Gasteiger partial charge in [-0.2, -0.15) is 0 Å². The minimum atomic E-state index is -0.294. The molecule has 4 nitrogen and oxygen atoms in total. The van der Waals surface area contributed by atoms with Gasteiger partial charge in [-0.15, -0.1) is 0 Å². The zero-order valence-corrected chi connectivity index (χ0v) is 13.9. The standard InChI is InChI=1S/C20H16FN3O/c1-11-15-7-14(21)8-17(22-2)20(15)24-18-9-16(23-19(11)18)13-5-3-12(10-25)4-6-13/h3-10,22-23H,1-2H3. The number of aromatic nitrogens is 2. The van der Waals surface area contributed by atoms with Crippen molar-refractivity contribution in [1.82, 2.24) is 9.97 Å². The third-order valence-electron chi connectivity index (χ3n) is 4.51. The Labute approximate surface area is 143 Å². The van der Waals surface area contributed by atoms with E-state index in [1.165, 1.54) is 12.1 Å². The molecule has 0 saturated carbocycles. The second kappa shape index (κ2) is 5.70.